The highest BCUT2D eigenvalue weighted by atomic mass is 32.2. The van der Waals surface area contributed by atoms with Gasteiger partial charge in [-0.25, -0.2) is 4.31 Å². The summed E-state index contributed by atoms with van der Waals surface area (Å²) in [7, 11) is 1.73. The first-order valence-electron chi connectivity index (χ1n) is 4.57. The topological polar surface area (TPSA) is 20.3 Å². The maximum Gasteiger partial charge on any atom is 0.187 e. The molecule has 0 aliphatic rings. The van der Waals surface area contributed by atoms with Crippen LogP contribution in [0.2, 0.25) is 0 Å². The normalized spacial score (nSPS) is 12.8. The molecule has 1 aromatic rings. The molecule has 2 nitrogen and oxygen atoms in total. The molecule has 0 amide bonds. The van der Waals surface area contributed by atoms with Crippen molar-refractivity contribution < 1.29 is 8.68 Å². The minimum absolute atomic E-state index is 0.171. The molecule has 1 aromatic carbocycles. The number of nitrogens with zero attached hydrogens (tertiary/aromatic N) is 1. The van der Waals surface area contributed by atoms with E-state index in [-0.39, 0.29) is 29.7 Å². The average Bonchev–Trinajstić information content (AvgIpc) is 2.25. The molecule has 1 unspecified atom stereocenters. The van der Waals surface area contributed by atoms with E-state index in [0.717, 1.165) is 5.56 Å². The summed E-state index contributed by atoms with van der Waals surface area (Å²) in [5.74, 6) is 0. The smallest absolute Gasteiger partial charge is 0.187 e. The molecule has 6 heteroatoms. The van der Waals surface area contributed by atoms with Crippen LogP contribution in [0.1, 0.15) is 18.0 Å². The first kappa shape index (κ1) is 13.9. The minimum atomic E-state index is -0.271. The predicted octanol–water partition coefficient (Wildman–Crippen LogP) is 3.33. The Morgan fingerprint density at radius 3 is 2.69 bits per heavy atom. The number of carbonyl (C=O) groups excluding carboxylic acids is 1. The SMILES string of the molecule is CN(S)C(CC(=O)S)c1ccccc1SF. The number of hydrogen-bond acceptors (Lipinski definition) is 4. The van der Waals surface area contributed by atoms with Gasteiger partial charge < -0.3 is 0 Å². The third-order valence-corrected chi connectivity index (χ3v) is 3.18. The van der Waals surface area contributed by atoms with E-state index >= 15 is 0 Å². The highest BCUT2D eigenvalue weighted by molar-refractivity contribution is 7.96. The minimum Gasteiger partial charge on any atom is -0.287 e. The third-order valence-electron chi connectivity index (χ3n) is 2.18. The van der Waals surface area contributed by atoms with Crippen molar-refractivity contribution in [3.05, 3.63) is 29.8 Å². The van der Waals surface area contributed by atoms with Crippen LogP contribution in [0.5, 0.6) is 0 Å². The standard InChI is InChI=1S/C10H12FNOS3/c1-12(15)8(6-10(13)14)7-4-2-3-5-9(7)16-11/h2-5,8,15H,6H2,1H3,(H,13,14). The Bertz CT molecular complexity index is 373. The van der Waals surface area contributed by atoms with Crippen molar-refractivity contribution in [1.29, 1.82) is 0 Å². The molecular weight excluding hydrogens is 265 g/mol. The Balaban J connectivity index is 3.05. The van der Waals surface area contributed by atoms with Crippen LogP contribution in [0.25, 0.3) is 0 Å². The van der Waals surface area contributed by atoms with E-state index in [0.29, 0.717) is 4.90 Å². The number of thiol groups is 2. The summed E-state index contributed by atoms with van der Waals surface area (Å²) in [5.41, 5.74) is 0.745. The fourth-order valence-electron chi connectivity index (χ4n) is 1.43. The van der Waals surface area contributed by atoms with Gasteiger partial charge in [-0.15, -0.1) is 12.6 Å². The number of halogens is 1. The zero-order chi connectivity index (χ0) is 12.1. The summed E-state index contributed by atoms with van der Waals surface area (Å²) in [6.45, 7) is 0. The van der Waals surface area contributed by atoms with Gasteiger partial charge in [0.05, 0.1) is 18.2 Å². The van der Waals surface area contributed by atoms with Gasteiger partial charge >= 0.3 is 0 Å². The molecule has 0 saturated carbocycles. The van der Waals surface area contributed by atoms with Gasteiger partial charge in [-0.05, 0) is 18.7 Å². The van der Waals surface area contributed by atoms with E-state index in [1.165, 1.54) is 0 Å². The van der Waals surface area contributed by atoms with E-state index in [1.807, 2.05) is 6.07 Å². The molecule has 0 heterocycles. The van der Waals surface area contributed by atoms with Crippen molar-refractivity contribution in [3.63, 3.8) is 0 Å². The van der Waals surface area contributed by atoms with Crippen molar-refractivity contribution >= 4 is 42.7 Å². The molecule has 88 valence electrons. The first-order valence-corrected chi connectivity index (χ1v) is 6.13. The molecule has 0 fully saturated rings. The maximum atomic E-state index is 12.7. The average molecular weight is 277 g/mol. The summed E-state index contributed by atoms with van der Waals surface area (Å²) in [4.78, 5) is 11.5. The second kappa shape index (κ2) is 6.54. The van der Waals surface area contributed by atoms with Crippen molar-refractivity contribution in [2.75, 3.05) is 7.05 Å². The first-order chi connectivity index (χ1) is 7.56. The van der Waals surface area contributed by atoms with Crippen LogP contribution in [-0.2, 0) is 4.79 Å². The Morgan fingerprint density at radius 1 is 1.56 bits per heavy atom. The molecule has 1 atom stereocenters. The van der Waals surface area contributed by atoms with Crippen molar-refractivity contribution in [2.24, 2.45) is 0 Å². The van der Waals surface area contributed by atoms with Gasteiger partial charge in [-0.1, -0.05) is 31.0 Å². The quantitative estimate of drug-likeness (QED) is 0.806. The van der Waals surface area contributed by atoms with Gasteiger partial charge in [0, 0.05) is 11.3 Å². The van der Waals surface area contributed by atoms with Crippen LogP contribution in [0.4, 0.5) is 3.89 Å². The van der Waals surface area contributed by atoms with E-state index in [1.54, 1.807) is 29.6 Å². The molecule has 16 heavy (non-hydrogen) atoms. The van der Waals surface area contributed by atoms with Crippen LogP contribution in [-0.4, -0.2) is 16.5 Å². The summed E-state index contributed by atoms with van der Waals surface area (Å²) >= 11 is 8.10. The zero-order valence-corrected chi connectivity index (χ0v) is 11.2. The van der Waals surface area contributed by atoms with Gasteiger partial charge in [-0.3, -0.25) is 4.79 Å². The van der Waals surface area contributed by atoms with E-state index in [9.17, 15) is 8.68 Å². The number of benzene rings is 1. The molecule has 0 saturated heterocycles. The largest absolute Gasteiger partial charge is 0.287 e. The third kappa shape index (κ3) is 3.69. The molecule has 0 spiro atoms. The Morgan fingerprint density at radius 2 is 2.19 bits per heavy atom. The van der Waals surface area contributed by atoms with Crippen molar-refractivity contribution in [3.8, 4) is 0 Å². The fraction of sp³-hybridized carbons (Fsp3) is 0.300. The zero-order valence-electron chi connectivity index (χ0n) is 8.63. The van der Waals surface area contributed by atoms with E-state index in [4.69, 9.17) is 0 Å². The number of rotatable bonds is 5. The highest BCUT2D eigenvalue weighted by Gasteiger charge is 2.20. The number of carbonyl (C=O) groups is 1. The summed E-state index contributed by atoms with van der Waals surface area (Å²) < 4.78 is 14.3. The van der Waals surface area contributed by atoms with Crippen molar-refractivity contribution in [1.82, 2.24) is 4.31 Å². The van der Waals surface area contributed by atoms with Gasteiger partial charge in [0.2, 0.25) is 0 Å². The molecule has 0 aromatic heterocycles. The molecule has 0 aliphatic carbocycles. The molecule has 0 radical (unpaired) electrons. The summed E-state index contributed by atoms with van der Waals surface area (Å²) in [6, 6.07) is 6.75. The van der Waals surface area contributed by atoms with Gasteiger partial charge in [0.1, 0.15) is 0 Å². The molecule has 1 rings (SSSR count). The molecule has 0 aliphatic heterocycles. The van der Waals surface area contributed by atoms with Crippen LogP contribution in [0.3, 0.4) is 0 Å². The van der Waals surface area contributed by atoms with Crippen LogP contribution in [0.15, 0.2) is 29.2 Å². The molecular formula is C10H12FNOS3. The summed E-state index contributed by atoms with van der Waals surface area (Å²) in [6.07, 6.45) is 0.195. The van der Waals surface area contributed by atoms with Gasteiger partial charge in [0.15, 0.2) is 5.12 Å². The van der Waals surface area contributed by atoms with E-state index < -0.39 is 0 Å². The van der Waals surface area contributed by atoms with Crippen LogP contribution in [0, 0.1) is 0 Å². The second-order valence-electron chi connectivity index (χ2n) is 3.30. The highest BCUT2D eigenvalue weighted by Crippen LogP contribution is 2.33. The Hall–Kier alpha value is -0.170. The van der Waals surface area contributed by atoms with Crippen LogP contribution < -0.4 is 0 Å². The lowest BCUT2D eigenvalue weighted by atomic mass is 10.0. The van der Waals surface area contributed by atoms with Crippen LogP contribution >= 0.6 is 37.6 Å². The molecule has 0 N–H and O–H groups in total. The summed E-state index contributed by atoms with van der Waals surface area (Å²) in [5, 5.41) is -0.246. The van der Waals surface area contributed by atoms with Gasteiger partial charge in [0.25, 0.3) is 0 Å². The fourth-order valence-corrected chi connectivity index (χ4v) is 2.24. The lowest BCUT2D eigenvalue weighted by Gasteiger charge is -2.23. The molecule has 0 bridgehead atoms. The van der Waals surface area contributed by atoms with Gasteiger partial charge in [-0.2, -0.15) is 3.89 Å². The maximum absolute atomic E-state index is 12.7. The van der Waals surface area contributed by atoms with E-state index in [2.05, 4.69) is 25.4 Å². The second-order valence-corrected chi connectivity index (χ2v) is 5.03. The Labute approximate surface area is 110 Å². The number of hydrogen-bond donors (Lipinski definition) is 2. The van der Waals surface area contributed by atoms with Crippen molar-refractivity contribution in [2.45, 2.75) is 17.4 Å². The lowest BCUT2D eigenvalue weighted by Crippen LogP contribution is -2.17. The predicted molar refractivity (Wildman–Crippen MR) is 71.5 cm³/mol. The monoisotopic (exact) mass is 277 g/mol. The lowest BCUT2D eigenvalue weighted by molar-refractivity contribution is -0.111. The Kier molecular flexibility index (Phi) is 5.68.